The van der Waals surface area contributed by atoms with Crippen molar-refractivity contribution < 1.29 is 13.2 Å². The predicted molar refractivity (Wildman–Crippen MR) is 80.6 cm³/mol. The molecule has 0 aliphatic carbocycles. The van der Waals surface area contributed by atoms with Gasteiger partial charge < -0.3 is 10.2 Å². The van der Waals surface area contributed by atoms with Gasteiger partial charge in [-0.1, -0.05) is 6.92 Å². The third-order valence-electron chi connectivity index (χ3n) is 2.82. The van der Waals surface area contributed by atoms with Crippen LogP contribution in [-0.4, -0.2) is 46.8 Å². The van der Waals surface area contributed by atoms with Gasteiger partial charge in [-0.3, -0.25) is 4.79 Å². The van der Waals surface area contributed by atoms with Crippen LogP contribution in [0.3, 0.4) is 0 Å². The quantitative estimate of drug-likeness (QED) is 0.891. The van der Waals surface area contributed by atoms with E-state index in [-0.39, 0.29) is 10.8 Å². The van der Waals surface area contributed by atoms with Crippen LogP contribution in [0.5, 0.6) is 0 Å². The highest BCUT2D eigenvalue weighted by molar-refractivity contribution is 7.89. The third-order valence-corrected chi connectivity index (χ3v) is 4.63. The summed E-state index contributed by atoms with van der Waals surface area (Å²) < 4.78 is 25.4. The summed E-state index contributed by atoms with van der Waals surface area (Å²) in [4.78, 5) is 13.5. The molecule has 0 aromatic heterocycles. The maximum absolute atomic E-state index is 12.1. The van der Waals surface area contributed by atoms with Gasteiger partial charge in [-0.05, 0) is 18.2 Å². The van der Waals surface area contributed by atoms with Crippen molar-refractivity contribution in [1.29, 1.82) is 0 Å². The second-order valence-electron chi connectivity index (χ2n) is 4.76. The molecule has 1 N–H and O–H groups in total. The van der Waals surface area contributed by atoms with E-state index in [0.717, 1.165) is 9.99 Å². The number of sulfonamides is 1. The molecule has 0 saturated heterocycles. The highest BCUT2D eigenvalue weighted by atomic mass is 32.2. The number of benzene rings is 1. The number of carbonyl (C=O) groups excluding carboxylic acids is 1. The van der Waals surface area contributed by atoms with E-state index in [0.29, 0.717) is 12.1 Å². The zero-order valence-electron chi connectivity index (χ0n) is 12.5. The summed E-state index contributed by atoms with van der Waals surface area (Å²) in [6.45, 7) is 1.74. The van der Waals surface area contributed by atoms with E-state index in [9.17, 15) is 13.2 Å². The number of nitrogens with zero attached hydrogens (tertiary/aromatic N) is 2. The molecule has 6 nitrogen and oxygen atoms in total. The van der Waals surface area contributed by atoms with E-state index < -0.39 is 10.0 Å². The number of anilines is 2. The fourth-order valence-electron chi connectivity index (χ4n) is 1.62. The Kier molecular flexibility index (Phi) is 5.13. The van der Waals surface area contributed by atoms with E-state index in [4.69, 9.17) is 0 Å². The van der Waals surface area contributed by atoms with Crippen LogP contribution in [0.4, 0.5) is 11.4 Å². The number of nitrogens with one attached hydrogen (secondary N) is 1. The molecule has 0 fully saturated rings. The Hall–Kier alpha value is -1.60. The summed E-state index contributed by atoms with van der Waals surface area (Å²) in [6.07, 6.45) is 0.331. The largest absolute Gasteiger partial charge is 0.376 e. The van der Waals surface area contributed by atoms with Gasteiger partial charge >= 0.3 is 0 Å². The molecule has 0 radical (unpaired) electrons. The number of hydrogen-bond acceptors (Lipinski definition) is 4. The van der Waals surface area contributed by atoms with Gasteiger partial charge in [0.25, 0.3) is 0 Å². The molecular weight excluding hydrogens is 278 g/mol. The maximum atomic E-state index is 12.1. The lowest BCUT2D eigenvalue weighted by atomic mass is 10.2. The molecule has 112 valence electrons. The van der Waals surface area contributed by atoms with E-state index in [1.54, 1.807) is 13.0 Å². The van der Waals surface area contributed by atoms with Gasteiger partial charge in [0.05, 0.1) is 16.3 Å². The average molecular weight is 299 g/mol. The Morgan fingerprint density at radius 1 is 1.20 bits per heavy atom. The van der Waals surface area contributed by atoms with Gasteiger partial charge in [-0.2, -0.15) is 0 Å². The molecule has 7 heteroatoms. The number of rotatable bonds is 5. The van der Waals surface area contributed by atoms with Gasteiger partial charge in [0.15, 0.2) is 0 Å². The second-order valence-corrected chi connectivity index (χ2v) is 6.91. The molecule has 0 aliphatic heterocycles. The Balaban J connectivity index is 3.34. The number of hydrogen-bond donors (Lipinski definition) is 1. The van der Waals surface area contributed by atoms with Crippen LogP contribution in [0.15, 0.2) is 23.1 Å². The normalized spacial score (nSPS) is 11.5. The fraction of sp³-hybridized carbons (Fsp3) is 0.462. The first-order valence-corrected chi connectivity index (χ1v) is 7.68. The van der Waals surface area contributed by atoms with Gasteiger partial charge in [0, 0.05) is 34.6 Å². The molecule has 0 aliphatic rings. The summed E-state index contributed by atoms with van der Waals surface area (Å²) >= 11 is 0. The SMILES string of the molecule is CCC(=O)Nc1cc(S(=O)(=O)N(C)C)ccc1N(C)C. The summed E-state index contributed by atoms with van der Waals surface area (Å²) in [5.74, 6) is -0.160. The predicted octanol–water partition coefficient (Wildman–Crippen LogP) is 1.35. The molecular formula is C13H21N3O3S. The second kappa shape index (κ2) is 6.23. The molecule has 0 spiro atoms. The van der Waals surface area contributed by atoms with Crippen molar-refractivity contribution in [2.24, 2.45) is 0 Å². The molecule has 0 heterocycles. The minimum Gasteiger partial charge on any atom is -0.376 e. The Morgan fingerprint density at radius 3 is 2.25 bits per heavy atom. The van der Waals surface area contributed by atoms with Gasteiger partial charge in [-0.15, -0.1) is 0 Å². The lowest BCUT2D eigenvalue weighted by Gasteiger charge is -2.20. The monoisotopic (exact) mass is 299 g/mol. The summed E-state index contributed by atoms with van der Waals surface area (Å²) in [5, 5.41) is 2.73. The summed E-state index contributed by atoms with van der Waals surface area (Å²) in [5.41, 5.74) is 1.24. The topological polar surface area (TPSA) is 69.7 Å². The minimum atomic E-state index is -3.52. The fourth-order valence-corrected chi connectivity index (χ4v) is 2.54. The van der Waals surface area contributed by atoms with Gasteiger partial charge in [-0.25, -0.2) is 12.7 Å². The Morgan fingerprint density at radius 2 is 1.80 bits per heavy atom. The van der Waals surface area contributed by atoms with Gasteiger partial charge in [0.1, 0.15) is 0 Å². The first kappa shape index (κ1) is 16.5. The molecule has 20 heavy (non-hydrogen) atoms. The van der Waals surface area contributed by atoms with E-state index in [1.807, 2.05) is 19.0 Å². The van der Waals surface area contributed by atoms with Crippen LogP contribution in [0.25, 0.3) is 0 Å². The average Bonchev–Trinajstić information content (AvgIpc) is 2.37. The molecule has 0 atom stereocenters. The first-order valence-electron chi connectivity index (χ1n) is 6.24. The van der Waals surface area contributed by atoms with Gasteiger partial charge in [0.2, 0.25) is 15.9 Å². The van der Waals surface area contributed by atoms with Crippen molar-refractivity contribution in [2.45, 2.75) is 18.2 Å². The van der Waals surface area contributed by atoms with Crippen LogP contribution in [0.1, 0.15) is 13.3 Å². The molecule has 0 saturated carbocycles. The third kappa shape index (κ3) is 3.49. The maximum Gasteiger partial charge on any atom is 0.242 e. The van der Waals surface area contributed by atoms with Crippen LogP contribution in [0.2, 0.25) is 0 Å². The zero-order chi connectivity index (χ0) is 15.5. The van der Waals surface area contributed by atoms with Crippen LogP contribution in [-0.2, 0) is 14.8 Å². The van der Waals surface area contributed by atoms with Crippen molar-refractivity contribution in [3.8, 4) is 0 Å². The van der Waals surface area contributed by atoms with Crippen LogP contribution in [0, 0.1) is 0 Å². The standard InChI is InChI=1S/C13H21N3O3S/c1-6-13(17)14-11-9-10(20(18,19)16(4)5)7-8-12(11)15(2)3/h7-9H,6H2,1-5H3,(H,14,17). The highest BCUT2D eigenvalue weighted by Crippen LogP contribution is 2.28. The van der Waals surface area contributed by atoms with Crippen molar-refractivity contribution in [3.05, 3.63) is 18.2 Å². The molecule has 1 aromatic rings. The van der Waals surface area contributed by atoms with Crippen LogP contribution < -0.4 is 10.2 Å². The Bertz CT molecular complexity index is 595. The molecule has 0 bridgehead atoms. The summed E-state index contributed by atoms with van der Waals surface area (Å²) in [6, 6.07) is 4.70. The van der Waals surface area contributed by atoms with E-state index in [2.05, 4.69) is 5.32 Å². The highest BCUT2D eigenvalue weighted by Gasteiger charge is 2.19. The number of amides is 1. The van der Waals surface area contributed by atoms with Crippen molar-refractivity contribution in [1.82, 2.24) is 4.31 Å². The van der Waals surface area contributed by atoms with Crippen molar-refractivity contribution in [3.63, 3.8) is 0 Å². The molecule has 1 rings (SSSR count). The van der Waals surface area contributed by atoms with E-state index in [1.165, 1.54) is 26.2 Å². The summed E-state index contributed by atoms with van der Waals surface area (Å²) in [7, 11) is 3.08. The van der Waals surface area contributed by atoms with E-state index >= 15 is 0 Å². The molecule has 1 aromatic carbocycles. The molecule has 0 unspecified atom stereocenters. The van der Waals surface area contributed by atoms with Crippen molar-refractivity contribution >= 4 is 27.3 Å². The Labute approximate surface area is 120 Å². The van der Waals surface area contributed by atoms with Crippen LogP contribution >= 0.6 is 0 Å². The zero-order valence-corrected chi connectivity index (χ0v) is 13.3. The smallest absolute Gasteiger partial charge is 0.242 e. The number of carbonyl (C=O) groups is 1. The minimum absolute atomic E-state index is 0.152. The lowest BCUT2D eigenvalue weighted by molar-refractivity contribution is -0.115. The molecule has 1 amide bonds. The van der Waals surface area contributed by atoms with Crippen molar-refractivity contribution in [2.75, 3.05) is 38.4 Å². The lowest BCUT2D eigenvalue weighted by Crippen LogP contribution is -2.23. The first-order chi connectivity index (χ1) is 9.20.